The summed E-state index contributed by atoms with van der Waals surface area (Å²) < 4.78 is 157. The lowest BCUT2D eigenvalue weighted by atomic mass is 9.71. The predicted molar refractivity (Wildman–Crippen MR) is 91.6 cm³/mol. The number of rotatable bonds is 5. The molecule has 1 aromatic heterocycles. The van der Waals surface area contributed by atoms with Crippen molar-refractivity contribution in [1.82, 2.24) is 0 Å². The molecular weight excluding hydrogens is 507 g/mol. The number of thiophene rings is 1. The number of aryl methyl sites for hydroxylation is 1. The molecule has 1 saturated carbocycles. The quantitative estimate of drug-likeness (QED) is 0.404. The van der Waals surface area contributed by atoms with Gasteiger partial charge < -0.3 is 10.1 Å². The van der Waals surface area contributed by atoms with Gasteiger partial charge in [-0.05, 0) is 25.8 Å². The number of halogens is 11. The third kappa shape index (κ3) is 3.07. The summed E-state index contributed by atoms with van der Waals surface area (Å²) in [5, 5.41) is 0.0301. The van der Waals surface area contributed by atoms with Crippen molar-refractivity contribution >= 4 is 28.2 Å². The first-order valence-electron chi connectivity index (χ1n) is 8.91. The number of carbonyl (C=O) groups is 2. The molecule has 2 rings (SSSR count). The lowest BCUT2D eigenvalue weighted by molar-refractivity contribution is -0.475. The molecule has 0 atom stereocenters. The van der Waals surface area contributed by atoms with Crippen LogP contribution in [0.3, 0.4) is 0 Å². The normalized spacial score (nSPS) is 23.6. The minimum absolute atomic E-state index is 0.0121. The second-order valence-electron chi connectivity index (χ2n) is 6.90. The van der Waals surface area contributed by atoms with Gasteiger partial charge in [-0.1, -0.05) is 6.92 Å². The smallest absolute Gasteiger partial charge is 0.384 e. The van der Waals surface area contributed by atoms with Gasteiger partial charge in [-0.2, -0.15) is 43.9 Å². The van der Waals surface area contributed by atoms with Crippen molar-refractivity contribution in [3.8, 4) is 0 Å². The SMILES string of the molecule is CCOC(=O)c1c(NC(=O)C2(F)C(F)(F)C(F)(F)C(F)(F)C(F)(F)C2(F)F)sc(C)c1CC. The van der Waals surface area contributed by atoms with Gasteiger partial charge >= 0.3 is 41.3 Å². The molecule has 16 heteroatoms. The van der Waals surface area contributed by atoms with E-state index >= 15 is 0 Å². The Morgan fingerprint density at radius 1 is 0.818 bits per heavy atom. The van der Waals surface area contributed by atoms with Gasteiger partial charge in [-0.25, -0.2) is 9.18 Å². The first kappa shape index (κ1) is 27.1. The number of nitrogens with one attached hydrogen (secondary N) is 1. The van der Waals surface area contributed by atoms with E-state index in [9.17, 15) is 57.9 Å². The Hall–Kier alpha value is -2.13. The van der Waals surface area contributed by atoms with E-state index in [0.717, 1.165) is 5.32 Å². The standard InChI is InChI=1S/C17H14F11NO3S/c1-4-7-6(3)33-9(8(7)10(30)32-5-2)29-11(31)12(18)13(19,20)15(23,24)17(27,28)16(25,26)14(12,21)22/h4-5H2,1-3H3,(H,29,31). The van der Waals surface area contributed by atoms with Crippen molar-refractivity contribution in [2.75, 3.05) is 11.9 Å². The van der Waals surface area contributed by atoms with Gasteiger partial charge in [-0.3, -0.25) is 4.79 Å². The summed E-state index contributed by atoms with van der Waals surface area (Å²) >= 11 is 0.298. The molecule has 1 aromatic rings. The van der Waals surface area contributed by atoms with Crippen molar-refractivity contribution in [3.63, 3.8) is 0 Å². The van der Waals surface area contributed by atoms with Crippen LogP contribution in [0.25, 0.3) is 0 Å². The largest absolute Gasteiger partial charge is 0.462 e. The number of anilines is 1. The molecule has 188 valence electrons. The summed E-state index contributed by atoms with van der Waals surface area (Å²) in [6.45, 7) is 3.73. The van der Waals surface area contributed by atoms with E-state index in [0.29, 0.717) is 11.3 Å². The Morgan fingerprint density at radius 2 is 1.24 bits per heavy atom. The lowest BCUT2D eigenvalue weighted by Crippen LogP contribution is -2.86. The van der Waals surface area contributed by atoms with Gasteiger partial charge in [0.2, 0.25) is 0 Å². The number of carbonyl (C=O) groups excluding carboxylic acids is 2. The third-order valence-corrected chi connectivity index (χ3v) is 6.09. The number of esters is 1. The van der Waals surface area contributed by atoms with Gasteiger partial charge in [0, 0.05) is 4.88 Å². The summed E-state index contributed by atoms with van der Waals surface area (Å²) in [6, 6.07) is 0. The van der Waals surface area contributed by atoms with Crippen LogP contribution in [0.15, 0.2) is 0 Å². The maximum absolute atomic E-state index is 14.9. The molecule has 0 saturated heterocycles. The van der Waals surface area contributed by atoms with Crippen molar-refractivity contribution in [3.05, 3.63) is 16.0 Å². The number of ether oxygens (including phenoxy) is 1. The fourth-order valence-corrected chi connectivity index (χ4v) is 4.34. The van der Waals surface area contributed by atoms with Gasteiger partial charge in [0.1, 0.15) is 5.00 Å². The topological polar surface area (TPSA) is 55.4 Å². The van der Waals surface area contributed by atoms with Crippen LogP contribution in [0.5, 0.6) is 0 Å². The third-order valence-electron chi connectivity index (χ3n) is 5.02. The molecule has 0 bridgehead atoms. The van der Waals surface area contributed by atoms with Crippen LogP contribution in [0.2, 0.25) is 0 Å². The van der Waals surface area contributed by atoms with Gasteiger partial charge in [-0.15, -0.1) is 11.3 Å². The highest BCUT2D eigenvalue weighted by molar-refractivity contribution is 7.16. The number of hydrogen-bond acceptors (Lipinski definition) is 4. The fourth-order valence-electron chi connectivity index (χ4n) is 3.21. The van der Waals surface area contributed by atoms with Crippen LogP contribution in [0.4, 0.5) is 53.3 Å². The summed E-state index contributed by atoms with van der Waals surface area (Å²) in [5.74, 6) is -41.7. The Bertz CT molecular complexity index is 944. The van der Waals surface area contributed by atoms with E-state index in [1.54, 1.807) is 0 Å². The van der Waals surface area contributed by atoms with Crippen LogP contribution in [-0.4, -0.2) is 53.8 Å². The summed E-state index contributed by atoms with van der Waals surface area (Å²) in [4.78, 5) is 24.4. The Morgan fingerprint density at radius 3 is 1.64 bits per heavy atom. The molecule has 1 fully saturated rings. The van der Waals surface area contributed by atoms with Gasteiger partial charge in [0.05, 0.1) is 12.2 Å². The molecule has 0 aliphatic heterocycles. The van der Waals surface area contributed by atoms with Crippen LogP contribution in [-0.2, 0) is 16.0 Å². The molecule has 0 radical (unpaired) electrons. The second kappa shape index (κ2) is 7.70. The summed E-state index contributed by atoms with van der Waals surface area (Å²) in [5.41, 5.74) is -7.47. The molecule has 0 aromatic carbocycles. The van der Waals surface area contributed by atoms with Crippen molar-refractivity contribution in [2.24, 2.45) is 0 Å². The molecule has 1 aliphatic rings. The first-order valence-corrected chi connectivity index (χ1v) is 9.72. The molecule has 4 nitrogen and oxygen atoms in total. The van der Waals surface area contributed by atoms with E-state index in [2.05, 4.69) is 4.74 Å². The Kier molecular flexibility index (Phi) is 6.33. The highest BCUT2D eigenvalue weighted by Crippen LogP contribution is 2.69. The predicted octanol–water partition coefficient (Wildman–Crippen LogP) is 5.63. The number of amides is 1. The lowest BCUT2D eigenvalue weighted by Gasteiger charge is -2.51. The van der Waals surface area contributed by atoms with E-state index in [-0.39, 0.29) is 23.5 Å². The molecule has 1 heterocycles. The molecule has 33 heavy (non-hydrogen) atoms. The zero-order valence-corrected chi connectivity index (χ0v) is 17.5. The zero-order chi connectivity index (χ0) is 26.0. The van der Waals surface area contributed by atoms with Crippen LogP contribution < -0.4 is 5.32 Å². The van der Waals surface area contributed by atoms with Crippen LogP contribution in [0, 0.1) is 6.92 Å². The van der Waals surface area contributed by atoms with E-state index < -0.39 is 57.7 Å². The molecular formula is C17H14F11NO3S. The maximum Gasteiger partial charge on any atom is 0.384 e. The molecule has 1 amide bonds. The number of alkyl halides is 11. The zero-order valence-electron chi connectivity index (χ0n) is 16.7. The van der Waals surface area contributed by atoms with Crippen molar-refractivity contribution < 1.29 is 62.6 Å². The highest BCUT2D eigenvalue weighted by atomic mass is 32.1. The second-order valence-corrected chi connectivity index (χ2v) is 8.12. The highest BCUT2D eigenvalue weighted by Gasteiger charge is 3.02. The maximum atomic E-state index is 14.9. The van der Waals surface area contributed by atoms with Crippen molar-refractivity contribution in [2.45, 2.75) is 62.5 Å². The first-order chi connectivity index (χ1) is 14.7. The fraction of sp³-hybridized carbons (Fsp3) is 0.647. The summed E-state index contributed by atoms with van der Waals surface area (Å²) in [7, 11) is 0. The average molecular weight is 521 g/mol. The monoisotopic (exact) mass is 521 g/mol. The average Bonchev–Trinajstić information content (AvgIpc) is 3.00. The van der Waals surface area contributed by atoms with E-state index in [1.165, 1.54) is 20.8 Å². The molecule has 0 spiro atoms. The molecule has 0 unspecified atom stereocenters. The Balaban J connectivity index is 2.72. The number of hydrogen-bond donors (Lipinski definition) is 1. The van der Waals surface area contributed by atoms with Gasteiger partial charge in [0.25, 0.3) is 5.91 Å². The van der Waals surface area contributed by atoms with E-state index in [1.807, 2.05) is 0 Å². The van der Waals surface area contributed by atoms with Gasteiger partial charge in [0.15, 0.2) is 0 Å². The minimum atomic E-state index is -7.44. The summed E-state index contributed by atoms with van der Waals surface area (Å²) in [6.07, 6.45) is -0.0121. The van der Waals surface area contributed by atoms with E-state index in [4.69, 9.17) is 0 Å². The van der Waals surface area contributed by atoms with Crippen molar-refractivity contribution in [1.29, 1.82) is 0 Å². The Labute approximate surface area is 182 Å². The van der Waals surface area contributed by atoms with Crippen LogP contribution in [0.1, 0.15) is 34.6 Å². The molecule has 1 aliphatic carbocycles. The van der Waals surface area contributed by atoms with Crippen LogP contribution >= 0.6 is 11.3 Å². The minimum Gasteiger partial charge on any atom is -0.462 e. The molecule has 1 N–H and O–H groups in total.